The number of benzene rings is 1. The van der Waals surface area contributed by atoms with E-state index in [-0.39, 0.29) is 5.82 Å². The minimum absolute atomic E-state index is 0.244. The van der Waals surface area contributed by atoms with E-state index in [9.17, 15) is 4.39 Å². The number of pyridine rings is 1. The molecule has 1 aromatic heterocycles. The van der Waals surface area contributed by atoms with Crippen molar-refractivity contribution in [3.63, 3.8) is 0 Å². The predicted octanol–water partition coefficient (Wildman–Crippen LogP) is 4.66. The Morgan fingerprint density at radius 1 is 1.24 bits per heavy atom. The summed E-state index contributed by atoms with van der Waals surface area (Å²) in [5.74, 6) is 2.06. The number of piperazine rings is 1. The summed E-state index contributed by atoms with van der Waals surface area (Å²) in [7, 11) is 0. The van der Waals surface area contributed by atoms with Gasteiger partial charge in [0, 0.05) is 56.7 Å². The number of amidine groups is 1. The zero-order valence-corrected chi connectivity index (χ0v) is 20.6. The highest BCUT2D eigenvalue weighted by Crippen LogP contribution is 2.25. The summed E-state index contributed by atoms with van der Waals surface area (Å²) in [5.41, 5.74) is 8.34. The molecule has 34 heavy (non-hydrogen) atoms. The second-order valence-corrected chi connectivity index (χ2v) is 9.32. The Morgan fingerprint density at radius 3 is 2.65 bits per heavy atom. The van der Waals surface area contributed by atoms with Gasteiger partial charge in [-0.25, -0.2) is 14.4 Å². The molecule has 0 aliphatic carbocycles. The lowest BCUT2D eigenvalue weighted by Crippen LogP contribution is -2.49. The molecule has 4 rings (SSSR count). The second-order valence-electron chi connectivity index (χ2n) is 8.92. The van der Waals surface area contributed by atoms with Gasteiger partial charge < -0.3 is 20.4 Å². The maximum Gasteiger partial charge on any atom is 0.147 e. The molecule has 1 atom stereocenters. The van der Waals surface area contributed by atoms with Crippen molar-refractivity contribution in [2.75, 3.05) is 37.6 Å². The fourth-order valence-electron chi connectivity index (χ4n) is 4.51. The van der Waals surface area contributed by atoms with Crippen molar-refractivity contribution in [1.29, 1.82) is 0 Å². The summed E-state index contributed by atoms with van der Waals surface area (Å²) in [5, 5.41) is 0.650. The molecule has 6 nitrogen and oxygen atoms in total. The van der Waals surface area contributed by atoms with Crippen LogP contribution in [0.2, 0.25) is 5.02 Å². The molecular formula is C26H32ClFN6. The van der Waals surface area contributed by atoms with Gasteiger partial charge in [-0.1, -0.05) is 18.2 Å². The van der Waals surface area contributed by atoms with E-state index in [0.717, 1.165) is 68.6 Å². The van der Waals surface area contributed by atoms with Crippen molar-refractivity contribution < 1.29 is 4.39 Å². The first-order valence-electron chi connectivity index (χ1n) is 11.7. The number of halogens is 2. The predicted molar refractivity (Wildman–Crippen MR) is 138 cm³/mol. The van der Waals surface area contributed by atoms with E-state index in [0.29, 0.717) is 22.3 Å². The monoisotopic (exact) mass is 482 g/mol. The van der Waals surface area contributed by atoms with Crippen molar-refractivity contribution >= 4 is 29.0 Å². The number of aliphatic imine (C=N–C) groups is 1. The molecule has 0 bridgehead atoms. The number of hydrogen-bond acceptors (Lipinski definition) is 5. The highest BCUT2D eigenvalue weighted by Gasteiger charge is 2.24. The van der Waals surface area contributed by atoms with E-state index in [4.69, 9.17) is 22.3 Å². The lowest BCUT2D eigenvalue weighted by molar-refractivity contribution is 0.334. The molecule has 1 unspecified atom stereocenters. The maximum atomic E-state index is 13.8. The average Bonchev–Trinajstić information content (AvgIpc) is 3.27. The largest absolute Gasteiger partial charge is 0.398 e. The minimum atomic E-state index is -0.244. The molecule has 0 spiro atoms. The quantitative estimate of drug-likeness (QED) is 0.496. The Bertz CT molecular complexity index is 1110. The van der Waals surface area contributed by atoms with Gasteiger partial charge in [-0.15, -0.1) is 0 Å². The van der Waals surface area contributed by atoms with Crippen LogP contribution in [-0.4, -0.2) is 59.4 Å². The Balaban J connectivity index is 1.59. The van der Waals surface area contributed by atoms with Crippen LogP contribution in [-0.2, 0) is 0 Å². The van der Waals surface area contributed by atoms with Crippen molar-refractivity contribution in [3.05, 3.63) is 77.0 Å². The number of anilines is 1. The van der Waals surface area contributed by atoms with Crippen molar-refractivity contribution in [3.8, 4) is 0 Å². The van der Waals surface area contributed by atoms with Gasteiger partial charge in [-0.05, 0) is 68.1 Å². The van der Waals surface area contributed by atoms with Gasteiger partial charge in [0.25, 0.3) is 0 Å². The van der Waals surface area contributed by atoms with Crippen LogP contribution in [0, 0.1) is 12.7 Å². The van der Waals surface area contributed by atoms with Gasteiger partial charge in [-0.2, -0.15) is 0 Å². The maximum absolute atomic E-state index is 13.8. The number of nitrogens with two attached hydrogens (primary N) is 1. The first kappa shape index (κ1) is 24.1. The van der Waals surface area contributed by atoms with E-state index < -0.39 is 0 Å². The Kier molecular flexibility index (Phi) is 7.41. The van der Waals surface area contributed by atoms with Crippen LogP contribution in [0.1, 0.15) is 30.9 Å². The van der Waals surface area contributed by atoms with E-state index in [1.54, 1.807) is 25.3 Å². The van der Waals surface area contributed by atoms with E-state index in [1.807, 2.05) is 18.2 Å². The zero-order valence-electron chi connectivity index (χ0n) is 19.8. The molecule has 0 radical (unpaired) electrons. The number of aryl methyl sites for hydroxylation is 1. The molecule has 2 saturated heterocycles. The molecule has 1 aromatic carbocycles. The van der Waals surface area contributed by atoms with E-state index >= 15 is 0 Å². The average molecular weight is 483 g/mol. The Labute approximate surface area is 206 Å². The van der Waals surface area contributed by atoms with Crippen molar-refractivity contribution in [2.24, 2.45) is 10.7 Å². The standard InChI is InChI=1S/C26H32ClFN6/c1-18-16-21(8-9-23(18)28)24(29)17-25(31-20(3)34-11-5-6-19(34)2)32-12-14-33(15-13-32)26-22(27)7-4-10-30-26/h4,7-10,16-17,19H,3,5-6,11-15,29H2,1-2H3/b24-17-,31-25+. The normalized spacial score (nSPS) is 19.6. The lowest BCUT2D eigenvalue weighted by atomic mass is 10.1. The third kappa shape index (κ3) is 5.36. The molecule has 0 amide bonds. The van der Waals surface area contributed by atoms with Crippen molar-refractivity contribution in [2.45, 2.75) is 32.7 Å². The van der Waals surface area contributed by atoms with Crippen molar-refractivity contribution in [1.82, 2.24) is 14.8 Å². The number of nitrogens with zero attached hydrogens (tertiary/aromatic N) is 5. The van der Waals surface area contributed by atoms with Crippen LogP contribution in [0.3, 0.4) is 0 Å². The van der Waals surface area contributed by atoms with Crippen LogP contribution >= 0.6 is 11.6 Å². The Morgan fingerprint density at radius 2 is 2.00 bits per heavy atom. The van der Waals surface area contributed by atoms with Crippen LogP contribution in [0.15, 0.2) is 60.0 Å². The number of hydrogen-bond donors (Lipinski definition) is 1. The summed E-state index contributed by atoms with van der Waals surface area (Å²) in [4.78, 5) is 16.0. The number of aromatic nitrogens is 1. The molecule has 2 aliphatic heterocycles. The number of rotatable bonds is 5. The summed E-state index contributed by atoms with van der Waals surface area (Å²) in [6.07, 6.45) is 5.92. The highest BCUT2D eigenvalue weighted by molar-refractivity contribution is 6.32. The van der Waals surface area contributed by atoms with E-state index in [2.05, 4.69) is 33.2 Å². The van der Waals surface area contributed by atoms with E-state index in [1.165, 1.54) is 6.07 Å². The van der Waals surface area contributed by atoms with Crippen LogP contribution in [0.25, 0.3) is 5.70 Å². The van der Waals surface area contributed by atoms with Crippen LogP contribution in [0.4, 0.5) is 10.2 Å². The van der Waals surface area contributed by atoms with Gasteiger partial charge in [0.05, 0.1) is 5.02 Å². The van der Waals surface area contributed by atoms with Crippen LogP contribution < -0.4 is 10.6 Å². The van der Waals surface area contributed by atoms with Gasteiger partial charge >= 0.3 is 0 Å². The molecular weight excluding hydrogens is 451 g/mol. The minimum Gasteiger partial charge on any atom is -0.398 e. The first-order valence-corrected chi connectivity index (χ1v) is 12.1. The third-order valence-electron chi connectivity index (χ3n) is 6.55. The molecule has 2 aromatic rings. The van der Waals surface area contributed by atoms with Gasteiger partial charge in [0.15, 0.2) is 0 Å². The summed E-state index contributed by atoms with van der Waals surface area (Å²) in [6, 6.07) is 9.02. The fourth-order valence-corrected chi connectivity index (χ4v) is 4.75. The lowest BCUT2D eigenvalue weighted by Gasteiger charge is -2.37. The Hall–Kier alpha value is -3.06. The molecule has 2 fully saturated rings. The van der Waals surface area contributed by atoms with Gasteiger partial charge in [0.2, 0.25) is 0 Å². The third-order valence-corrected chi connectivity index (χ3v) is 6.84. The molecule has 2 N–H and O–H groups in total. The smallest absolute Gasteiger partial charge is 0.147 e. The van der Waals surface area contributed by atoms with Crippen LogP contribution in [0.5, 0.6) is 0 Å². The highest BCUT2D eigenvalue weighted by atomic mass is 35.5. The SMILES string of the molecule is C=C(/N=C(\C=C(/N)c1ccc(F)c(C)c1)N1CCN(c2ncccc2Cl)CC1)N1CCCC1C. The second kappa shape index (κ2) is 10.5. The molecule has 0 saturated carbocycles. The topological polar surface area (TPSA) is 61.0 Å². The molecule has 8 heteroatoms. The van der Waals surface area contributed by atoms with Gasteiger partial charge in [0.1, 0.15) is 23.3 Å². The van der Waals surface area contributed by atoms with Gasteiger partial charge in [-0.3, -0.25) is 0 Å². The number of likely N-dealkylation sites (tertiary alicyclic amines) is 1. The molecule has 3 heterocycles. The molecule has 2 aliphatic rings. The summed E-state index contributed by atoms with van der Waals surface area (Å²) in [6.45, 7) is 12.1. The first-order chi connectivity index (χ1) is 16.3. The zero-order chi connectivity index (χ0) is 24.2. The fraction of sp³-hybridized carbons (Fsp3) is 0.385. The summed E-state index contributed by atoms with van der Waals surface area (Å²) >= 11 is 6.36. The molecule has 180 valence electrons. The summed E-state index contributed by atoms with van der Waals surface area (Å²) < 4.78 is 13.8.